The second kappa shape index (κ2) is 10.3. The Morgan fingerprint density at radius 1 is 1.03 bits per heavy atom. The quantitative estimate of drug-likeness (QED) is 0.507. The molecule has 2 aromatic carbocycles. The molecule has 1 saturated heterocycles. The molecule has 1 fully saturated rings. The van der Waals surface area contributed by atoms with Crippen LogP contribution in [0.1, 0.15) is 10.4 Å². The van der Waals surface area contributed by atoms with E-state index in [2.05, 4.69) is 10.0 Å². The minimum absolute atomic E-state index is 0.142. The van der Waals surface area contributed by atoms with E-state index in [1.54, 1.807) is 24.3 Å². The van der Waals surface area contributed by atoms with Gasteiger partial charge in [0.1, 0.15) is 12.4 Å². The Balaban J connectivity index is 1.52. The van der Waals surface area contributed by atoms with E-state index in [1.165, 1.54) is 28.6 Å². The molecule has 3 rings (SSSR count). The van der Waals surface area contributed by atoms with Crippen molar-refractivity contribution in [2.75, 3.05) is 50.4 Å². The van der Waals surface area contributed by atoms with Crippen LogP contribution in [0.4, 0.5) is 5.69 Å². The number of anilines is 1. The third kappa shape index (κ3) is 6.42. The summed E-state index contributed by atoms with van der Waals surface area (Å²) in [7, 11) is -7.09. The maximum atomic E-state index is 12.6. The van der Waals surface area contributed by atoms with Gasteiger partial charge >= 0.3 is 0 Å². The molecule has 1 heterocycles. The zero-order chi connectivity index (χ0) is 23.2. The van der Waals surface area contributed by atoms with E-state index in [-0.39, 0.29) is 29.3 Å². The van der Waals surface area contributed by atoms with Gasteiger partial charge in [-0.1, -0.05) is 12.1 Å². The topological polar surface area (TPSA) is 131 Å². The van der Waals surface area contributed by atoms with E-state index < -0.39 is 26.0 Å². The standard InChI is InChI=1S/C20H25N3O7S2/c1-31(25,26)22-19-5-3-2-4-18(19)20(24)21-10-13-30-16-6-8-17(9-7-16)32(27,28)23-11-14-29-15-12-23/h2-9,22H,10-15H2,1H3,(H,21,24). The fourth-order valence-electron chi connectivity index (χ4n) is 3.04. The monoisotopic (exact) mass is 483 g/mol. The highest BCUT2D eigenvalue weighted by molar-refractivity contribution is 7.92. The SMILES string of the molecule is CS(=O)(=O)Nc1ccccc1C(=O)NCCOc1ccc(S(=O)(=O)N2CCOCC2)cc1. The van der Waals surface area contributed by atoms with Gasteiger partial charge in [0, 0.05) is 13.1 Å². The number of hydrogen-bond acceptors (Lipinski definition) is 7. The number of nitrogens with zero attached hydrogens (tertiary/aromatic N) is 1. The van der Waals surface area contributed by atoms with Gasteiger partial charge in [0.05, 0.1) is 42.2 Å². The molecule has 174 valence electrons. The molecule has 0 aliphatic carbocycles. The maximum absolute atomic E-state index is 12.6. The van der Waals surface area contributed by atoms with E-state index >= 15 is 0 Å². The number of benzene rings is 2. The van der Waals surface area contributed by atoms with Crippen molar-refractivity contribution in [3.63, 3.8) is 0 Å². The summed E-state index contributed by atoms with van der Waals surface area (Å²) in [5.41, 5.74) is 0.376. The molecule has 1 aliphatic rings. The molecule has 10 nitrogen and oxygen atoms in total. The van der Waals surface area contributed by atoms with Gasteiger partial charge in [-0.05, 0) is 36.4 Å². The molecule has 1 amide bonds. The number of ether oxygens (including phenoxy) is 2. The first-order valence-corrected chi connectivity index (χ1v) is 13.2. The Labute approximate surface area is 187 Å². The molecular weight excluding hydrogens is 458 g/mol. The molecule has 0 bridgehead atoms. The second-order valence-corrected chi connectivity index (χ2v) is 10.7. The summed E-state index contributed by atoms with van der Waals surface area (Å²) in [5, 5.41) is 2.66. The zero-order valence-electron chi connectivity index (χ0n) is 17.5. The summed E-state index contributed by atoms with van der Waals surface area (Å²) < 4.78 is 62.6. The van der Waals surface area contributed by atoms with E-state index in [4.69, 9.17) is 9.47 Å². The number of carbonyl (C=O) groups excluding carboxylic acids is 1. The van der Waals surface area contributed by atoms with Crippen LogP contribution in [0.15, 0.2) is 53.4 Å². The fraction of sp³-hybridized carbons (Fsp3) is 0.350. The first-order valence-electron chi connectivity index (χ1n) is 9.82. The van der Waals surface area contributed by atoms with Gasteiger partial charge in [0.25, 0.3) is 5.91 Å². The smallest absolute Gasteiger partial charge is 0.253 e. The van der Waals surface area contributed by atoms with Crippen LogP contribution in [0.2, 0.25) is 0 Å². The Morgan fingerprint density at radius 3 is 2.34 bits per heavy atom. The van der Waals surface area contributed by atoms with Gasteiger partial charge in [0.2, 0.25) is 20.0 Å². The molecule has 12 heteroatoms. The molecule has 0 spiro atoms. The summed E-state index contributed by atoms with van der Waals surface area (Å²) in [6.07, 6.45) is 1.01. The van der Waals surface area contributed by atoms with Crippen LogP contribution in [-0.4, -0.2) is 72.8 Å². The molecular formula is C20H25N3O7S2. The molecule has 0 unspecified atom stereocenters. The van der Waals surface area contributed by atoms with Gasteiger partial charge < -0.3 is 14.8 Å². The summed E-state index contributed by atoms with van der Waals surface area (Å²) in [6, 6.07) is 12.3. The Bertz CT molecular complexity index is 1140. The van der Waals surface area contributed by atoms with E-state index in [0.29, 0.717) is 32.1 Å². The van der Waals surface area contributed by atoms with Gasteiger partial charge in [-0.2, -0.15) is 4.31 Å². The largest absolute Gasteiger partial charge is 0.492 e. The highest BCUT2D eigenvalue weighted by Gasteiger charge is 2.26. The van der Waals surface area contributed by atoms with E-state index in [9.17, 15) is 21.6 Å². The van der Waals surface area contributed by atoms with Gasteiger partial charge in [0.15, 0.2) is 0 Å². The van der Waals surface area contributed by atoms with Crippen molar-refractivity contribution < 1.29 is 31.1 Å². The van der Waals surface area contributed by atoms with E-state index in [0.717, 1.165) is 6.26 Å². The van der Waals surface area contributed by atoms with Gasteiger partial charge in [-0.15, -0.1) is 0 Å². The third-order valence-electron chi connectivity index (χ3n) is 4.55. The number of sulfonamides is 2. The molecule has 0 saturated carbocycles. The Morgan fingerprint density at radius 2 is 1.69 bits per heavy atom. The number of para-hydroxylation sites is 1. The van der Waals surface area contributed by atoms with Gasteiger partial charge in [-0.3, -0.25) is 9.52 Å². The first kappa shape index (κ1) is 24.0. The van der Waals surface area contributed by atoms with Gasteiger partial charge in [-0.25, -0.2) is 16.8 Å². The Hall–Kier alpha value is -2.67. The summed E-state index contributed by atoms with van der Waals surface area (Å²) in [6.45, 7) is 1.71. The number of morpholine rings is 1. The van der Waals surface area contributed by atoms with Crippen molar-refractivity contribution in [1.29, 1.82) is 0 Å². The average Bonchev–Trinajstić information content (AvgIpc) is 2.77. The van der Waals surface area contributed by atoms with Crippen LogP contribution in [0.3, 0.4) is 0 Å². The lowest BCUT2D eigenvalue weighted by atomic mass is 10.1. The molecule has 1 aliphatic heterocycles. The van der Waals surface area contributed by atoms with Crippen molar-refractivity contribution in [2.24, 2.45) is 0 Å². The highest BCUT2D eigenvalue weighted by Crippen LogP contribution is 2.20. The van der Waals surface area contributed by atoms with Crippen LogP contribution in [0.25, 0.3) is 0 Å². The lowest BCUT2D eigenvalue weighted by molar-refractivity contribution is 0.0730. The lowest BCUT2D eigenvalue weighted by Gasteiger charge is -2.26. The number of nitrogens with one attached hydrogen (secondary N) is 2. The minimum Gasteiger partial charge on any atom is -0.492 e. The maximum Gasteiger partial charge on any atom is 0.253 e. The molecule has 0 atom stereocenters. The van der Waals surface area contributed by atoms with E-state index in [1.807, 2.05) is 0 Å². The van der Waals surface area contributed by atoms with Crippen LogP contribution >= 0.6 is 0 Å². The third-order valence-corrected chi connectivity index (χ3v) is 7.06. The predicted octanol–water partition coefficient (Wildman–Crippen LogP) is 0.888. The number of carbonyl (C=O) groups is 1. The number of amides is 1. The van der Waals surface area contributed by atoms with Crippen LogP contribution in [-0.2, 0) is 24.8 Å². The normalized spacial score (nSPS) is 15.2. The van der Waals surface area contributed by atoms with Crippen molar-refractivity contribution in [3.05, 3.63) is 54.1 Å². The van der Waals surface area contributed by atoms with Crippen molar-refractivity contribution in [1.82, 2.24) is 9.62 Å². The predicted molar refractivity (Wildman–Crippen MR) is 119 cm³/mol. The van der Waals surface area contributed by atoms with Crippen molar-refractivity contribution in [3.8, 4) is 5.75 Å². The highest BCUT2D eigenvalue weighted by atomic mass is 32.2. The second-order valence-electron chi connectivity index (χ2n) is 7.01. The lowest BCUT2D eigenvalue weighted by Crippen LogP contribution is -2.40. The van der Waals surface area contributed by atoms with Crippen molar-refractivity contribution >= 4 is 31.6 Å². The Kier molecular flexibility index (Phi) is 7.72. The molecule has 0 aromatic heterocycles. The van der Waals surface area contributed by atoms with Crippen LogP contribution < -0.4 is 14.8 Å². The minimum atomic E-state index is -3.57. The first-order chi connectivity index (χ1) is 15.2. The van der Waals surface area contributed by atoms with Crippen LogP contribution in [0.5, 0.6) is 5.75 Å². The summed E-state index contributed by atoms with van der Waals surface area (Å²) in [5.74, 6) is 0.00613. The summed E-state index contributed by atoms with van der Waals surface area (Å²) in [4.78, 5) is 12.6. The average molecular weight is 484 g/mol. The van der Waals surface area contributed by atoms with Crippen LogP contribution in [0, 0.1) is 0 Å². The molecule has 32 heavy (non-hydrogen) atoms. The number of hydrogen-bond donors (Lipinski definition) is 2. The number of rotatable bonds is 9. The molecule has 2 N–H and O–H groups in total. The molecule has 2 aromatic rings. The molecule has 0 radical (unpaired) electrons. The fourth-order valence-corrected chi connectivity index (χ4v) is 5.03. The summed E-state index contributed by atoms with van der Waals surface area (Å²) >= 11 is 0. The zero-order valence-corrected chi connectivity index (χ0v) is 19.1. The van der Waals surface area contributed by atoms with Crippen molar-refractivity contribution in [2.45, 2.75) is 4.90 Å².